The van der Waals surface area contributed by atoms with E-state index in [4.69, 9.17) is 10.8 Å². The minimum atomic E-state index is -0.466. The smallest absolute Gasteiger partial charge is 0.286 e. The van der Waals surface area contributed by atoms with Crippen molar-refractivity contribution in [2.24, 2.45) is 5.92 Å². The summed E-state index contributed by atoms with van der Waals surface area (Å²) in [5, 5.41) is 23.6. The van der Waals surface area contributed by atoms with Crippen molar-refractivity contribution in [1.82, 2.24) is 25.4 Å². The van der Waals surface area contributed by atoms with Gasteiger partial charge in [0, 0.05) is 54.9 Å². The third-order valence-electron chi connectivity index (χ3n) is 6.58. The summed E-state index contributed by atoms with van der Waals surface area (Å²) in [6, 6.07) is 8.08. The third-order valence-corrected chi connectivity index (χ3v) is 6.58. The molecule has 2 aromatic rings. The molecule has 1 fully saturated rings. The summed E-state index contributed by atoms with van der Waals surface area (Å²) < 4.78 is 0. The van der Waals surface area contributed by atoms with Crippen molar-refractivity contribution >= 4 is 28.6 Å². The molecule has 0 bridgehead atoms. The lowest BCUT2D eigenvalue weighted by Crippen LogP contribution is -2.58. The molecule has 8 nitrogen and oxygen atoms in total. The average molecular weight is 468 g/mol. The number of para-hydroxylation sites is 1. The molecule has 1 amide bonds. The number of rotatable bonds is 6. The fourth-order valence-electron chi connectivity index (χ4n) is 4.44. The molecule has 8 heteroatoms. The molecular weight excluding hydrogens is 426 g/mol. The molecule has 0 spiro atoms. The lowest BCUT2D eigenvalue weighted by atomic mass is 9.97. The molecule has 186 valence electrons. The van der Waals surface area contributed by atoms with Crippen molar-refractivity contribution in [1.29, 1.82) is 10.8 Å². The summed E-state index contributed by atoms with van der Waals surface area (Å²) in [5.41, 5.74) is 2.35. The number of carbonyl (C=O) groups is 1. The Hall–Kier alpha value is -2.87. The number of fused-ring (bicyclic) bond motifs is 1. The Kier molecular flexibility index (Phi) is 8.36. The molecule has 3 rings (SSSR count). The van der Waals surface area contributed by atoms with Crippen LogP contribution in [0.4, 0.5) is 0 Å². The average Bonchev–Trinajstić information content (AvgIpc) is 3.19. The van der Waals surface area contributed by atoms with E-state index in [1.165, 1.54) is 0 Å². The number of carbonyl (C=O) groups excluding carboxylic acids is 1. The summed E-state index contributed by atoms with van der Waals surface area (Å²) in [6.07, 6.45) is 4.53. The molecule has 2 heterocycles. The van der Waals surface area contributed by atoms with Gasteiger partial charge < -0.3 is 20.5 Å². The van der Waals surface area contributed by atoms with Gasteiger partial charge in [-0.15, -0.1) is 0 Å². The zero-order chi connectivity index (χ0) is 24.9. The minimum Gasteiger partial charge on any atom is -0.361 e. The number of nitrogens with zero attached hydrogens (tertiary/aromatic N) is 2. The van der Waals surface area contributed by atoms with Gasteiger partial charge in [-0.1, -0.05) is 32.0 Å². The molecule has 1 aromatic carbocycles. The van der Waals surface area contributed by atoms with Gasteiger partial charge in [0.2, 0.25) is 0 Å². The Bertz CT molecular complexity index is 996. The normalized spacial score (nSPS) is 16.0. The van der Waals surface area contributed by atoms with Crippen molar-refractivity contribution in [2.75, 3.05) is 26.2 Å². The molecule has 1 aromatic heterocycles. The van der Waals surface area contributed by atoms with Crippen LogP contribution >= 0.6 is 0 Å². The predicted molar refractivity (Wildman–Crippen MR) is 139 cm³/mol. The number of H-pyrrole nitrogens is 1. The second-order valence-corrected chi connectivity index (χ2v) is 10.7. The lowest BCUT2D eigenvalue weighted by molar-refractivity contribution is -0.115. The number of hydrogen-bond acceptors (Lipinski definition) is 4. The number of aromatic amines is 1. The van der Waals surface area contributed by atoms with E-state index in [0.717, 1.165) is 42.4 Å². The second kappa shape index (κ2) is 11.0. The minimum absolute atomic E-state index is 0.0826. The van der Waals surface area contributed by atoms with Crippen LogP contribution in [0, 0.1) is 16.7 Å². The summed E-state index contributed by atoms with van der Waals surface area (Å²) >= 11 is 0. The molecular formula is C26H41N7O. The Balaban J connectivity index is 1.57. The first-order chi connectivity index (χ1) is 16.0. The second-order valence-electron chi connectivity index (χ2n) is 10.7. The zero-order valence-corrected chi connectivity index (χ0v) is 21.3. The SMILES string of the molecule is CC(C)CCC(Cc1c[nH]c2ccccc12)NC(=O)C(=N)NC(=N)N1CCN(C(C)(C)C)CC1. The number of benzene rings is 1. The van der Waals surface area contributed by atoms with E-state index in [9.17, 15) is 4.79 Å². The van der Waals surface area contributed by atoms with Gasteiger partial charge in [0.1, 0.15) is 0 Å². The number of piperazine rings is 1. The van der Waals surface area contributed by atoms with Crippen LogP contribution in [0.3, 0.4) is 0 Å². The van der Waals surface area contributed by atoms with Crippen molar-refractivity contribution < 1.29 is 4.79 Å². The van der Waals surface area contributed by atoms with Gasteiger partial charge >= 0.3 is 0 Å². The molecule has 1 saturated heterocycles. The number of nitrogens with one attached hydrogen (secondary N) is 5. The maximum atomic E-state index is 12.9. The maximum absolute atomic E-state index is 12.9. The lowest BCUT2D eigenvalue weighted by Gasteiger charge is -2.42. The van der Waals surface area contributed by atoms with Crippen molar-refractivity contribution in [3.63, 3.8) is 0 Å². The predicted octanol–water partition coefficient (Wildman–Crippen LogP) is 3.55. The largest absolute Gasteiger partial charge is 0.361 e. The van der Waals surface area contributed by atoms with Gasteiger partial charge in [-0.3, -0.25) is 20.5 Å². The number of amides is 1. The molecule has 1 aliphatic heterocycles. The summed E-state index contributed by atoms with van der Waals surface area (Å²) in [6.45, 7) is 14.0. The van der Waals surface area contributed by atoms with E-state index in [-0.39, 0.29) is 23.4 Å². The van der Waals surface area contributed by atoms with E-state index in [0.29, 0.717) is 25.4 Å². The van der Waals surface area contributed by atoms with Crippen LogP contribution in [-0.4, -0.2) is 70.2 Å². The fraction of sp³-hybridized carbons (Fsp3) is 0.577. The van der Waals surface area contributed by atoms with Gasteiger partial charge in [-0.2, -0.15) is 0 Å². The summed E-state index contributed by atoms with van der Waals surface area (Å²) in [5.74, 6) is -0.104. The van der Waals surface area contributed by atoms with Gasteiger partial charge in [0.15, 0.2) is 11.8 Å². The van der Waals surface area contributed by atoms with E-state index in [2.05, 4.69) is 61.2 Å². The van der Waals surface area contributed by atoms with Crippen molar-refractivity contribution in [3.8, 4) is 0 Å². The van der Waals surface area contributed by atoms with Crippen molar-refractivity contribution in [3.05, 3.63) is 36.0 Å². The molecule has 34 heavy (non-hydrogen) atoms. The van der Waals surface area contributed by atoms with Crippen molar-refractivity contribution in [2.45, 2.75) is 65.5 Å². The molecule has 5 N–H and O–H groups in total. The van der Waals surface area contributed by atoms with Gasteiger partial charge in [-0.25, -0.2) is 0 Å². The monoisotopic (exact) mass is 467 g/mol. The van der Waals surface area contributed by atoms with Gasteiger partial charge in [-0.05, 0) is 57.6 Å². The standard InChI is InChI=1S/C26H41N7O/c1-18(2)10-11-20(16-19-17-29-22-9-7-6-8-21(19)22)30-24(34)23(27)31-25(28)32-12-14-33(15-13-32)26(3,4)5/h6-9,17-18,20,29H,10-16H2,1-5H3,(H,30,34)(H3,27,28,31). The first-order valence-electron chi connectivity index (χ1n) is 12.3. The quantitative estimate of drug-likeness (QED) is 0.330. The van der Waals surface area contributed by atoms with Crippen LogP contribution in [-0.2, 0) is 11.2 Å². The Labute approximate surface area is 203 Å². The Morgan fingerprint density at radius 1 is 1.09 bits per heavy atom. The van der Waals surface area contributed by atoms with E-state index >= 15 is 0 Å². The number of hydrogen-bond donors (Lipinski definition) is 5. The van der Waals surface area contributed by atoms with Crippen LogP contribution in [0.1, 0.15) is 53.0 Å². The first-order valence-corrected chi connectivity index (χ1v) is 12.3. The topological polar surface area (TPSA) is 111 Å². The van der Waals surface area contributed by atoms with Crippen LogP contribution in [0.15, 0.2) is 30.5 Å². The van der Waals surface area contributed by atoms with E-state index in [1.54, 1.807) is 0 Å². The number of guanidine groups is 1. The molecule has 1 unspecified atom stereocenters. The van der Waals surface area contributed by atoms with E-state index in [1.807, 2.05) is 29.3 Å². The first kappa shape index (κ1) is 25.7. The van der Waals surface area contributed by atoms with E-state index < -0.39 is 5.91 Å². The van der Waals surface area contributed by atoms with Gasteiger partial charge in [0.25, 0.3) is 5.91 Å². The third kappa shape index (κ3) is 6.82. The zero-order valence-electron chi connectivity index (χ0n) is 21.3. The highest BCUT2D eigenvalue weighted by atomic mass is 16.2. The molecule has 0 saturated carbocycles. The summed E-state index contributed by atoms with van der Waals surface area (Å²) in [7, 11) is 0. The molecule has 0 radical (unpaired) electrons. The van der Waals surface area contributed by atoms with Crippen LogP contribution in [0.25, 0.3) is 10.9 Å². The molecule has 0 aliphatic carbocycles. The number of amidine groups is 1. The van der Waals surface area contributed by atoms with Crippen LogP contribution < -0.4 is 10.6 Å². The van der Waals surface area contributed by atoms with Gasteiger partial charge in [0.05, 0.1) is 0 Å². The highest BCUT2D eigenvalue weighted by molar-refractivity contribution is 6.39. The summed E-state index contributed by atoms with van der Waals surface area (Å²) in [4.78, 5) is 20.5. The molecule has 1 atom stereocenters. The Morgan fingerprint density at radius 3 is 2.41 bits per heavy atom. The maximum Gasteiger partial charge on any atom is 0.286 e. The highest BCUT2D eigenvalue weighted by Gasteiger charge is 2.27. The van der Waals surface area contributed by atoms with Crippen LogP contribution in [0.2, 0.25) is 0 Å². The fourth-order valence-corrected chi connectivity index (χ4v) is 4.44. The number of aromatic nitrogens is 1. The molecule has 1 aliphatic rings. The highest BCUT2D eigenvalue weighted by Crippen LogP contribution is 2.21. The Morgan fingerprint density at radius 2 is 1.76 bits per heavy atom. The van der Waals surface area contributed by atoms with Crippen LogP contribution in [0.5, 0.6) is 0 Å².